The second-order valence-corrected chi connectivity index (χ2v) is 12.5. The number of nitrogens with zero attached hydrogens (tertiary/aromatic N) is 1. The first kappa shape index (κ1) is 24.4. The number of aromatic nitrogens is 1. The molecule has 1 aliphatic rings. The Kier molecular flexibility index (Phi) is 6.46. The van der Waals surface area contributed by atoms with Crippen LogP contribution in [0.25, 0.3) is 21.3 Å². The average molecular weight is 529 g/mol. The fourth-order valence-electron chi connectivity index (χ4n) is 4.05. The smallest absolute Gasteiger partial charge is 0.215 e. The molecule has 6 nitrogen and oxygen atoms in total. The van der Waals surface area contributed by atoms with E-state index in [-0.39, 0.29) is 5.25 Å². The van der Waals surface area contributed by atoms with Crippen LogP contribution < -0.4 is 4.72 Å². The molecule has 35 heavy (non-hydrogen) atoms. The van der Waals surface area contributed by atoms with Crippen LogP contribution in [0.4, 0.5) is 0 Å². The predicted octanol–water partition coefficient (Wildman–Crippen LogP) is 4.99. The van der Waals surface area contributed by atoms with E-state index >= 15 is 0 Å². The summed E-state index contributed by atoms with van der Waals surface area (Å²) in [6.45, 7) is 1.14. The number of halogens is 1. The molecule has 4 aromatic rings. The van der Waals surface area contributed by atoms with Gasteiger partial charge in [-0.15, -0.1) is 11.3 Å². The van der Waals surface area contributed by atoms with Gasteiger partial charge in [-0.05, 0) is 60.5 Å². The number of pyridine rings is 1. The molecule has 1 saturated carbocycles. The third-order valence-electron chi connectivity index (χ3n) is 6.27. The zero-order valence-corrected chi connectivity index (χ0v) is 21.4. The molecule has 5 rings (SSSR count). The van der Waals surface area contributed by atoms with Crippen LogP contribution in [-0.4, -0.2) is 35.5 Å². The molecule has 0 bridgehead atoms. The van der Waals surface area contributed by atoms with E-state index in [2.05, 4.69) is 9.71 Å². The Balaban J connectivity index is 1.62. The van der Waals surface area contributed by atoms with Gasteiger partial charge in [0.05, 0.1) is 23.6 Å². The molecule has 0 saturated heterocycles. The minimum Gasteiger partial charge on any atom is -0.393 e. The number of aliphatic hydroxyl groups is 2. The Morgan fingerprint density at radius 2 is 1.94 bits per heavy atom. The van der Waals surface area contributed by atoms with Crippen molar-refractivity contribution in [2.45, 2.75) is 36.7 Å². The van der Waals surface area contributed by atoms with E-state index < -0.39 is 28.3 Å². The first-order valence-corrected chi connectivity index (χ1v) is 14.0. The van der Waals surface area contributed by atoms with Crippen LogP contribution in [0.2, 0.25) is 5.02 Å². The molecular weight excluding hydrogens is 504 g/mol. The van der Waals surface area contributed by atoms with Crippen molar-refractivity contribution in [3.63, 3.8) is 0 Å². The van der Waals surface area contributed by atoms with Crippen molar-refractivity contribution in [2.24, 2.45) is 0 Å². The Morgan fingerprint density at radius 1 is 1.17 bits per heavy atom. The second-order valence-electron chi connectivity index (χ2n) is 9.05. The zero-order valence-electron chi connectivity index (χ0n) is 19.0. The number of hydrogen-bond donors (Lipinski definition) is 3. The SMILES string of the molecule is C[C@@](O)(CO)c1ccnc(-c2cccc3cc(C(NS(=O)(=O)C4CC4)c4ccccc4Cl)sc23)c1. The molecule has 2 aromatic carbocycles. The van der Waals surface area contributed by atoms with Gasteiger partial charge in [-0.3, -0.25) is 4.98 Å². The monoisotopic (exact) mass is 528 g/mol. The Hall–Kier alpha value is -2.33. The van der Waals surface area contributed by atoms with Gasteiger partial charge in [0.15, 0.2) is 0 Å². The number of fused-ring (bicyclic) bond motifs is 1. The lowest BCUT2D eigenvalue weighted by molar-refractivity contribution is -0.00230. The normalized spacial score (nSPS) is 16.8. The topological polar surface area (TPSA) is 99.5 Å². The zero-order chi connectivity index (χ0) is 24.8. The molecule has 9 heteroatoms. The van der Waals surface area contributed by atoms with Crippen LogP contribution in [0.5, 0.6) is 0 Å². The van der Waals surface area contributed by atoms with Gasteiger partial charge in [0.1, 0.15) is 5.60 Å². The van der Waals surface area contributed by atoms with Crippen molar-refractivity contribution in [3.05, 3.63) is 87.9 Å². The minimum atomic E-state index is -3.49. The van der Waals surface area contributed by atoms with Gasteiger partial charge < -0.3 is 10.2 Å². The van der Waals surface area contributed by atoms with Gasteiger partial charge in [-0.2, -0.15) is 0 Å². The van der Waals surface area contributed by atoms with Crippen LogP contribution in [0.15, 0.2) is 66.9 Å². The highest BCUT2D eigenvalue weighted by atomic mass is 35.5. The van der Waals surface area contributed by atoms with Gasteiger partial charge in [-0.25, -0.2) is 13.1 Å². The molecule has 1 aliphatic carbocycles. The summed E-state index contributed by atoms with van der Waals surface area (Å²) in [5.74, 6) is 0. The summed E-state index contributed by atoms with van der Waals surface area (Å²) in [7, 11) is -3.49. The lowest BCUT2D eigenvalue weighted by Crippen LogP contribution is -2.31. The Morgan fingerprint density at radius 3 is 2.66 bits per heavy atom. The van der Waals surface area contributed by atoms with E-state index in [1.807, 2.05) is 42.5 Å². The minimum absolute atomic E-state index is 0.358. The highest BCUT2D eigenvalue weighted by Gasteiger charge is 2.38. The number of nitrogens with one attached hydrogen (secondary N) is 1. The second kappa shape index (κ2) is 9.28. The molecule has 2 aromatic heterocycles. The van der Waals surface area contributed by atoms with E-state index in [9.17, 15) is 18.6 Å². The molecule has 2 heterocycles. The third-order valence-corrected chi connectivity index (χ3v) is 9.78. The quantitative estimate of drug-likeness (QED) is 0.299. The predicted molar refractivity (Wildman–Crippen MR) is 140 cm³/mol. The third kappa shape index (κ3) is 4.87. The highest BCUT2D eigenvalue weighted by Crippen LogP contribution is 2.41. The number of aliphatic hydroxyl groups excluding tert-OH is 1. The molecule has 0 spiro atoms. The van der Waals surface area contributed by atoms with Crippen LogP contribution in [0.3, 0.4) is 0 Å². The van der Waals surface area contributed by atoms with Crippen molar-refractivity contribution < 1.29 is 18.6 Å². The summed E-state index contributed by atoms with van der Waals surface area (Å²) >= 11 is 7.99. The summed E-state index contributed by atoms with van der Waals surface area (Å²) in [6, 6.07) is 17.9. The molecule has 182 valence electrons. The molecule has 2 atom stereocenters. The van der Waals surface area contributed by atoms with E-state index in [1.54, 1.807) is 31.3 Å². The highest BCUT2D eigenvalue weighted by molar-refractivity contribution is 7.90. The Bertz CT molecular complexity index is 1500. The summed E-state index contributed by atoms with van der Waals surface area (Å²) in [5.41, 5.74) is 1.39. The Labute approximate surface area is 213 Å². The molecule has 0 radical (unpaired) electrons. The number of hydrogen-bond acceptors (Lipinski definition) is 6. The average Bonchev–Trinajstić information content (AvgIpc) is 3.63. The van der Waals surface area contributed by atoms with Crippen molar-refractivity contribution in [3.8, 4) is 11.3 Å². The van der Waals surface area contributed by atoms with E-state index in [4.69, 9.17) is 11.6 Å². The van der Waals surface area contributed by atoms with Gasteiger partial charge in [0, 0.05) is 26.4 Å². The van der Waals surface area contributed by atoms with Crippen molar-refractivity contribution >= 4 is 43.0 Å². The lowest BCUT2D eigenvalue weighted by Gasteiger charge is -2.21. The largest absolute Gasteiger partial charge is 0.393 e. The number of rotatable bonds is 8. The standard InChI is InChI=1S/C26H25ClN2O4S2/c1-26(31,15-30)17-11-12-28-22(14-17)20-7-4-5-16-13-23(34-25(16)20)24(19-6-2-3-8-21(19)27)29-35(32,33)18-9-10-18/h2-8,11-14,18,24,29-31H,9-10,15H2,1H3/t24?,26-/m1/s1. The van der Waals surface area contributed by atoms with Crippen LogP contribution in [0.1, 0.15) is 41.8 Å². The van der Waals surface area contributed by atoms with Gasteiger partial charge >= 0.3 is 0 Å². The molecule has 0 aliphatic heterocycles. The van der Waals surface area contributed by atoms with E-state index in [0.29, 0.717) is 34.7 Å². The van der Waals surface area contributed by atoms with Gasteiger partial charge in [0.2, 0.25) is 10.0 Å². The lowest BCUT2D eigenvalue weighted by atomic mass is 9.96. The molecule has 0 amide bonds. The maximum absolute atomic E-state index is 12.9. The van der Waals surface area contributed by atoms with Crippen molar-refractivity contribution in [1.29, 1.82) is 0 Å². The fraction of sp³-hybridized carbons (Fsp3) is 0.269. The number of sulfonamides is 1. The van der Waals surface area contributed by atoms with Gasteiger partial charge in [0.25, 0.3) is 0 Å². The maximum atomic E-state index is 12.9. The van der Waals surface area contributed by atoms with Crippen molar-refractivity contribution in [2.75, 3.05) is 6.61 Å². The fourth-order valence-corrected chi connectivity index (χ4v) is 7.16. The molecule has 3 N–H and O–H groups in total. The van der Waals surface area contributed by atoms with Crippen LogP contribution >= 0.6 is 22.9 Å². The summed E-state index contributed by atoms with van der Waals surface area (Å²) in [6.07, 6.45) is 2.94. The summed E-state index contributed by atoms with van der Waals surface area (Å²) in [5, 5.41) is 21.2. The molecule has 1 unspecified atom stereocenters. The number of benzene rings is 2. The first-order chi connectivity index (χ1) is 16.7. The van der Waals surface area contributed by atoms with Crippen LogP contribution in [-0.2, 0) is 15.6 Å². The summed E-state index contributed by atoms with van der Waals surface area (Å²) in [4.78, 5) is 5.33. The van der Waals surface area contributed by atoms with E-state index in [1.165, 1.54) is 11.3 Å². The van der Waals surface area contributed by atoms with Gasteiger partial charge in [-0.1, -0.05) is 48.0 Å². The maximum Gasteiger partial charge on any atom is 0.215 e. The molecule has 1 fully saturated rings. The van der Waals surface area contributed by atoms with E-state index in [0.717, 1.165) is 20.5 Å². The van der Waals surface area contributed by atoms with Crippen molar-refractivity contribution in [1.82, 2.24) is 9.71 Å². The molecular formula is C26H25ClN2O4S2. The van der Waals surface area contributed by atoms with Crippen LogP contribution in [0, 0.1) is 0 Å². The number of thiophene rings is 1. The summed E-state index contributed by atoms with van der Waals surface area (Å²) < 4.78 is 29.7. The first-order valence-electron chi connectivity index (χ1n) is 11.3.